The average molecular weight is 994 g/mol. The SMILES string of the molecule is [C-]#[N+]c1ccc(-c2nc3c4c(nc(-c5ccc(C#N)c(F)c5)n4-c4ccc(OC(=O)C=C)cc4)c4c(nc(-c5ccc(C#N)c(F)c5)n4-c4ccc(OC(=O)C=C)cc4)c3n2-c2ccc(OC(=O)C=C)cc2)cc1F. The van der Waals surface area contributed by atoms with Gasteiger partial charge < -0.3 is 14.2 Å². The predicted octanol–water partition coefficient (Wildman–Crippen LogP) is 11.7. The Hall–Kier alpha value is -11.2. The van der Waals surface area contributed by atoms with Gasteiger partial charge in [-0.15, -0.1) is 0 Å². The number of benzene rings is 7. The van der Waals surface area contributed by atoms with Crippen molar-refractivity contribution in [3.05, 3.63) is 205 Å². The number of aromatic nitrogens is 6. The van der Waals surface area contributed by atoms with Crippen molar-refractivity contribution in [3.8, 4) is 80.6 Å². The highest BCUT2D eigenvalue weighted by Crippen LogP contribution is 2.45. The number of rotatable bonds is 12. The van der Waals surface area contributed by atoms with Gasteiger partial charge in [-0.3, -0.25) is 13.7 Å². The van der Waals surface area contributed by atoms with E-state index in [0.29, 0.717) is 17.1 Å². The Bertz CT molecular complexity index is 3770. The standard InChI is InChI=1S/C57H30F3N9O6/c1-5-46(70)73-39-19-13-36(14-20-39)67-52-49-53(68(37-15-21-40(22-16-37)74-47(71)6-2)55(64-49)31-8-10-34(29-61)42(58)26-31)51-54(50(52)65-56(67)32-9-11-35(30-62)43(59)27-32)69(38-17-23-41(24-18-38)75-48(72)7-3)57(66-51)33-12-25-45(63-4)44(60)28-33/h5-28H,1-3H2. The first-order valence-corrected chi connectivity index (χ1v) is 22.2. The molecule has 0 atom stereocenters. The summed E-state index contributed by atoms with van der Waals surface area (Å²) in [4.78, 5) is 55.9. The van der Waals surface area contributed by atoms with Gasteiger partial charge in [-0.25, -0.2) is 47.4 Å². The molecular formula is C57H30F3N9O6. The van der Waals surface area contributed by atoms with E-state index in [9.17, 15) is 24.9 Å². The minimum Gasteiger partial charge on any atom is -0.423 e. The Morgan fingerprint density at radius 1 is 0.493 bits per heavy atom. The van der Waals surface area contributed by atoms with Crippen LogP contribution in [-0.2, 0) is 14.4 Å². The van der Waals surface area contributed by atoms with Gasteiger partial charge in [0.1, 0.15) is 97.4 Å². The molecule has 0 amide bonds. The normalized spacial score (nSPS) is 10.9. The van der Waals surface area contributed by atoms with Crippen molar-refractivity contribution >= 4 is 56.7 Å². The number of halogens is 3. The second-order valence-electron chi connectivity index (χ2n) is 16.2. The van der Waals surface area contributed by atoms with Crippen LogP contribution < -0.4 is 14.2 Å². The van der Waals surface area contributed by atoms with Gasteiger partial charge >= 0.3 is 17.9 Å². The molecule has 0 aliphatic heterocycles. The minimum absolute atomic E-state index is 0.0976. The van der Waals surface area contributed by atoms with E-state index in [2.05, 4.69) is 24.6 Å². The number of fused-ring (bicyclic) bond motifs is 6. The Kier molecular flexibility index (Phi) is 12.2. The highest BCUT2D eigenvalue weighted by atomic mass is 19.1. The number of carbonyl (C=O) groups excluding carboxylic acids is 3. The molecule has 0 bridgehead atoms. The van der Waals surface area contributed by atoms with Crippen molar-refractivity contribution in [2.45, 2.75) is 0 Å². The molecule has 75 heavy (non-hydrogen) atoms. The molecule has 7 aromatic carbocycles. The molecule has 3 heterocycles. The summed E-state index contributed by atoms with van der Waals surface area (Å²) in [6, 6.07) is 34.2. The van der Waals surface area contributed by atoms with E-state index in [1.54, 1.807) is 50.1 Å². The largest absolute Gasteiger partial charge is 0.423 e. The van der Waals surface area contributed by atoms with Gasteiger partial charge in [-0.2, -0.15) is 10.5 Å². The topological polar surface area (TPSA) is 184 Å². The molecule has 3 aromatic heterocycles. The Balaban J connectivity index is 1.44. The van der Waals surface area contributed by atoms with Gasteiger partial charge in [0.2, 0.25) is 5.69 Å². The second kappa shape index (κ2) is 19.2. The smallest absolute Gasteiger partial charge is 0.335 e. The van der Waals surface area contributed by atoms with E-state index in [4.69, 9.17) is 35.7 Å². The molecule has 0 spiro atoms. The van der Waals surface area contributed by atoms with Crippen molar-refractivity contribution in [2.24, 2.45) is 0 Å². The van der Waals surface area contributed by atoms with Crippen LogP contribution in [0.5, 0.6) is 17.2 Å². The fraction of sp³-hybridized carbons (Fsp3) is 0. The first-order valence-electron chi connectivity index (χ1n) is 22.2. The number of nitrogens with zero attached hydrogens (tertiary/aromatic N) is 9. The fourth-order valence-corrected chi connectivity index (χ4v) is 8.44. The van der Waals surface area contributed by atoms with Crippen molar-refractivity contribution in [1.82, 2.24) is 28.7 Å². The third-order valence-corrected chi connectivity index (χ3v) is 11.8. The molecular weight excluding hydrogens is 964 g/mol. The molecule has 0 unspecified atom stereocenters. The third kappa shape index (κ3) is 8.46. The summed E-state index contributed by atoms with van der Waals surface area (Å²) in [5.41, 5.74) is 2.07. The van der Waals surface area contributed by atoms with Crippen LogP contribution in [0.3, 0.4) is 0 Å². The lowest BCUT2D eigenvalue weighted by molar-refractivity contribution is -0.129. The number of hydrogen-bond acceptors (Lipinski definition) is 11. The van der Waals surface area contributed by atoms with Crippen molar-refractivity contribution in [3.63, 3.8) is 0 Å². The molecule has 10 rings (SSSR count). The van der Waals surface area contributed by atoms with Gasteiger partial charge in [0.15, 0.2) is 0 Å². The lowest BCUT2D eigenvalue weighted by Crippen LogP contribution is -2.04. The van der Waals surface area contributed by atoms with Crippen molar-refractivity contribution in [2.75, 3.05) is 0 Å². The van der Waals surface area contributed by atoms with E-state index >= 15 is 13.2 Å². The number of ether oxygens (including phenoxy) is 3. The van der Waals surface area contributed by atoms with E-state index in [0.717, 1.165) is 36.4 Å². The molecule has 10 aromatic rings. The van der Waals surface area contributed by atoms with Gasteiger partial charge in [0.05, 0.1) is 17.7 Å². The lowest BCUT2D eigenvalue weighted by Gasteiger charge is -2.13. The zero-order valence-corrected chi connectivity index (χ0v) is 38.6. The third-order valence-electron chi connectivity index (χ3n) is 11.8. The van der Waals surface area contributed by atoms with E-state index in [1.807, 2.05) is 12.1 Å². The summed E-state index contributed by atoms with van der Waals surface area (Å²) in [5, 5.41) is 19.5. The van der Waals surface area contributed by atoms with Crippen LogP contribution in [-0.4, -0.2) is 46.6 Å². The van der Waals surface area contributed by atoms with Crippen LogP contribution in [0.4, 0.5) is 18.9 Å². The van der Waals surface area contributed by atoms with Crippen molar-refractivity contribution < 1.29 is 41.8 Å². The van der Waals surface area contributed by atoms with Crippen molar-refractivity contribution in [1.29, 1.82) is 10.5 Å². The molecule has 0 aliphatic rings. The lowest BCUT2D eigenvalue weighted by atomic mass is 10.1. The minimum atomic E-state index is -0.860. The van der Waals surface area contributed by atoms with Crippen LogP contribution in [0.25, 0.3) is 89.2 Å². The highest BCUT2D eigenvalue weighted by Gasteiger charge is 2.31. The maximum absolute atomic E-state index is 15.9. The maximum atomic E-state index is 15.9. The summed E-state index contributed by atoms with van der Waals surface area (Å²) < 4.78 is 68.8. The maximum Gasteiger partial charge on any atom is 0.335 e. The van der Waals surface area contributed by atoms with Gasteiger partial charge in [0.25, 0.3) is 0 Å². The van der Waals surface area contributed by atoms with Crippen LogP contribution in [0.1, 0.15) is 11.1 Å². The molecule has 0 saturated carbocycles. The highest BCUT2D eigenvalue weighted by molar-refractivity contribution is 6.22. The number of imidazole rings is 3. The first-order chi connectivity index (χ1) is 36.4. The monoisotopic (exact) mass is 993 g/mol. The number of hydrogen-bond donors (Lipinski definition) is 0. The Morgan fingerprint density at radius 2 is 0.800 bits per heavy atom. The average Bonchev–Trinajstić information content (AvgIpc) is 4.15. The molecule has 18 heteroatoms. The molecule has 360 valence electrons. The number of esters is 3. The van der Waals surface area contributed by atoms with Crippen LogP contribution in [0, 0.1) is 46.7 Å². The van der Waals surface area contributed by atoms with Gasteiger partial charge in [-0.05, 0) is 115 Å². The zero-order valence-electron chi connectivity index (χ0n) is 38.6. The van der Waals surface area contributed by atoms with E-state index in [1.165, 1.54) is 72.8 Å². The van der Waals surface area contributed by atoms with E-state index in [-0.39, 0.29) is 101 Å². The van der Waals surface area contributed by atoms with E-state index < -0.39 is 35.4 Å². The quantitative estimate of drug-likeness (QED) is 0.0491. The first kappa shape index (κ1) is 47.5. The Labute approximate surface area is 422 Å². The zero-order chi connectivity index (χ0) is 52.7. The van der Waals surface area contributed by atoms with Crippen LogP contribution >= 0.6 is 0 Å². The van der Waals surface area contributed by atoms with Gasteiger partial charge in [-0.1, -0.05) is 31.9 Å². The summed E-state index contributed by atoms with van der Waals surface area (Å²) in [6.07, 6.45) is 3.00. The molecule has 0 N–H and O–H groups in total. The summed E-state index contributed by atoms with van der Waals surface area (Å²) in [5.74, 6) is -4.02. The number of nitriles is 2. The predicted molar refractivity (Wildman–Crippen MR) is 270 cm³/mol. The van der Waals surface area contributed by atoms with Crippen LogP contribution in [0.15, 0.2) is 165 Å². The number of carbonyl (C=O) groups is 3. The fourth-order valence-electron chi connectivity index (χ4n) is 8.44. The summed E-state index contributed by atoms with van der Waals surface area (Å²) in [7, 11) is 0. The summed E-state index contributed by atoms with van der Waals surface area (Å²) in [6.45, 7) is 18.0. The molecule has 0 aliphatic carbocycles. The molecule has 0 fully saturated rings. The van der Waals surface area contributed by atoms with Gasteiger partial charge in [0, 0.05) is 52.0 Å². The molecule has 15 nitrogen and oxygen atoms in total. The molecule has 0 saturated heterocycles. The molecule has 0 radical (unpaired) electrons. The second-order valence-corrected chi connectivity index (χ2v) is 16.2. The summed E-state index contributed by atoms with van der Waals surface area (Å²) >= 11 is 0. The Morgan fingerprint density at radius 3 is 1.07 bits per heavy atom. The van der Waals surface area contributed by atoms with Crippen LogP contribution in [0.2, 0.25) is 0 Å².